The van der Waals surface area contributed by atoms with Gasteiger partial charge >= 0.3 is 0 Å². The zero-order valence-electron chi connectivity index (χ0n) is 12.1. The van der Waals surface area contributed by atoms with Crippen molar-refractivity contribution in [2.75, 3.05) is 6.54 Å². The predicted molar refractivity (Wildman–Crippen MR) is 78.9 cm³/mol. The normalized spacial score (nSPS) is 10.9. The fourth-order valence-electron chi connectivity index (χ4n) is 1.59. The topological polar surface area (TPSA) is 93.8 Å². The van der Waals surface area contributed by atoms with E-state index in [2.05, 4.69) is 41.4 Å². The first-order valence-electron chi connectivity index (χ1n) is 6.57. The Morgan fingerprint density at radius 3 is 2.86 bits per heavy atom. The van der Waals surface area contributed by atoms with Crippen molar-refractivity contribution in [1.29, 1.82) is 0 Å². The third kappa shape index (κ3) is 4.07. The standard InChI is InChI=1S/C13H16BrN5O2/c1-7(2)12-18-10(21-19-12)4-5-15-13(20)11-9(14)6-16-8(3)17-11/h6-7H,4-5H2,1-3H3,(H,15,20). The Morgan fingerprint density at radius 1 is 1.43 bits per heavy atom. The Bertz CT molecular complexity index is 641. The van der Waals surface area contributed by atoms with E-state index < -0.39 is 0 Å². The Morgan fingerprint density at radius 2 is 2.19 bits per heavy atom. The summed E-state index contributed by atoms with van der Waals surface area (Å²) in [5.74, 6) is 1.68. The average Bonchev–Trinajstić information content (AvgIpc) is 2.90. The van der Waals surface area contributed by atoms with Gasteiger partial charge in [-0.3, -0.25) is 4.79 Å². The summed E-state index contributed by atoms with van der Waals surface area (Å²) in [6.45, 7) is 6.11. The summed E-state index contributed by atoms with van der Waals surface area (Å²) in [6, 6.07) is 0. The average molecular weight is 354 g/mol. The lowest BCUT2D eigenvalue weighted by atomic mass is 10.2. The van der Waals surface area contributed by atoms with Gasteiger partial charge in [0.25, 0.3) is 5.91 Å². The van der Waals surface area contributed by atoms with Crippen LogP contribution in [0.25, 0.3) is 0 Å². The van der Waals surface area contributed by atoms with E-state index in [1.54, 1.807) is 13.1 Å². The van der Waals surface area contributed by atoms with Crippen LogP contribution in [0.4, 0.5) is 0 Å². The lowest BCUT2D eigenvalue weighted by molar-refractivity contribution is 0.0947. The molecule has 7 nitrogen and oxygen atoms in total. The van der Waals surface area contributed by atoms with E-state index in [0.717, 1.165) is 0 Å². The number of nitrogens with one attached hydrogen (secondary N) is 1. The molecule has 2 aromatic rings. The maximum absolute atomic E-state index is 12.0. The minimum Gasteiger partial charge on any atom is -0.350 e. The van der Waals surface area contributed by atoms with Gasteiger partial charge < -0.3 is 9.84 Å². The van der Waals surface area contributed by atoms with Gasteiger partial charge in [-0.2, -0.15) is 4.98 Å². The molecule has 8 heteroatoms. The van der Waals surface area contributed by atoms with Crippen molar-refractivity contribution < 1.29 is 9.32 Å². The fourth-order valence-corrected chi connectivity index (χ4v) is 1.96. The third-order valence-electron chi connectivity index (χ3n) is 2.70. The van der Waals surface area contributed by atoms with Gasteiger partial charge in [0.2, 0.25) is 5.89 Å². The van der Waals surface area contributed by atoms with E-state index in [9.17, 15) is 4.79 Å². The highest BCUT2D eigenvalue weighted by atomic mass is 79.9. The summed E-state index contributed by atoms with van der Waals surface area (Å²) in [5, 5.41) is 6.64. The predicted octanol–water partition coefficient (Wildman–Crippen LogP) is 2.03. The lowest BCUT2D eigenvalue weighted by Crippen LogP contribution is -2.27. The summed E-state index contributed by atoms with van der Waals surface area (Å²) >= 11 is 3.26. The monoisotopic (exact) mass is 353 g/mol. The molecule has 0 radical (unpaired) electrons. The van der Waals surface area contributed by atoms with Crippen LogP contribution in [0.5, 0.6) is 0 Å². The molecular formula is C13H16BrN5O2. The number of rotatable bonds is 5. The van der Waals surface area contributed by atoms with Gasteiger partial charge in [-0.25, -0.2) is 9.97 Å². The van der Waals surface area contributed by atoms with E-state index in [0.29, 0.717) is 40.7 Å². The van der Waals surface area contributed by atoms with Crippen molar-refractivity contribution in [2.24, 2.45) is 0 Å². The minimum absolute atomic E-state index is 0.219. The molecule has 0 atom stereocenters. The van der Waals surface area contributed by atoms with Crippen molar-refractivity contribution in [3.63, 3.8) is 0 Å². The molecule has 0 saturated heterocycles. The summed E-state index contributed by atoms with van der Waals surface area (Å²) in [6.07, 6.45) is 2.04. The lowest BCUT2D eigenvalue weighted by Gasteiger charge is -2.05. The quantitative estimate of drug-likeness (QED) is 0.883. The van der Waals surface area contributed by atoms with Crippen molar-refractivity contribution in [1.82, 2.24) is 25.4 Å². The van der Waals surface area contributed by atoms with Gasteiger partial charge in [0.1, 0.15) is 11.5 Å². The molecule has 0 unspecified atom stereocenters. The van der Waals surface area contributed by atoms with Crippen LogP contribution in [-0.4, -0.2) is 32.6 Å². The largest absolute Gasteiger partial charge is 0.350 e. The summed E-state index contributed by atoms with van der Waals surface area (Å²) in [7, 11) is 0. The molecule has 0 aliphatic carbocycles. The number of halogens is 1. The maximum atomic E-state index is 12.0. The van der Waals surface area contributed by atoms with E-state index in [4.69, 9.17) is 4.52 Å². The zero-order valence-corrected chi connectivity index (χ0v) is 13.6. The first-order chi connectivity index (χ1) is 9.97. The van der Waals surface area contributed by atoms with Crippen LogP contribution in [0.2, 0.25) is 0 Å². The minimum atomic E-state index is -0.268. The van der Waals surface area contributed by atoms with Crippen LogP contribution < -0.4 is 5.32 Å². The van der Waals surface area contributed by atoms with Crippen molar-refractivity contribution >= 4 is 21.8 Å². The summed E-state index contributed by atoms with van der Waals surface area (Å²) in [5.41, 5.74) is 0.316. The highest BCUT2D eigenvalue weighted by Gasteiger charge is 2.14. The summed E-state index contributed by atoms with van der Waals surface area (Å²) in [4.78, 5) is 24.4. The number of nitrogens with zero attached hydrogens (tertiary/aromatic N) is 4. The van der Waals surface area contributed by atoms with Crippen LogP contribution in [-0.2, 0) is 6.42 Å². The number of aromatic nitrogens is 4. The van der Waals surface area contributed by atoms with Gasteiger partial charge in [0, 0.05) is 25.1 Å². The van der Waals surface area contributed by atoms with Crippen molar-refractivity contribution in [2.45, 2.75) is 33.1 Å². The van der Waals surface area contributed by atoms with Gasteiger partial charge in [-0.15, -0.1) is 0 Å². The molecule has 1 N–H and O–H groups in total. The molecule has 0 aromatic carbocycles. The molecule has 21 heavy (non-hydrogen) atoms. The van der Waals surface area contributed by atoms with E-state index >= 15 is 0 Å². The molecule has 0 saturated carbocycles. The van der Waals surface area contributed by atoms with Crippen molar-refractivity contribution in [3.8, 4) is 0 Å². The summed E-state index contributed by atoms with van der Waals surface area (Å²) < 4.78 is 5.67. The SMILES string of the molecule is Cc1ncc(Br)c(C(=O)NCCc2nc(C(C)C)no2)n1. The molecule has 1 amide bonds. The zero-order chi connectivity index (χ0) is 15.4. The smallest absolute Gasteiger partial charge is 0.271 e. The number of hydrogen-bond donors (Lipinski definition) is 1. The molecular weight excluding hydrogens is 338 g/mol. The fraction of sp³-hybridized carbons (Fsp3) is 0.462. The molecule has 112 valence electrons. The molecule has 0 bridgehead atoms. The highest BCUT2D eigenvalue weighted by molar-refractivity contribution is 9.10. The second kappa shape index (κ2) is 6.75. The van der Waals surface area contributed by atoms with Gasteiger partial charge in [-0.1, -0.05) is 19.0 Å². The van der Waals surface area contributed by atoms with Crippen molar-refractivity contribution in [3.05, 3.63) is 33.9 Å². The van der Waals surface area contributed by atoms with E-state index in [1.165, 1.54) is 0 Å². The first-order valence-corrected chi connectivity index (χ1v) is 7.36. The molecule has 0 aliphatic rings. The van der Waals surface area contributed by atoms with Crippen LogP contribution in [0.1, 0.15) is 47.8 Å². The Balaban J connectivity index is 1.90. The van der Waals surface area contributed by atoms with E-state index in [1.807, 2.05) is 13.8 Å². The Labute approximate surface area is 130 Å². The number of carbonyl (C=O) groups is 1. The van der Waals surface area contributed by atoms with Gasteiger partial charge in [0.15, 0.2) is 5.82 Å². The molecule has 0 spiro atoms. The second-order valence-electron chi connectivity index (χ2n) is 4.82. The second-order valence-corrected chi connectivity index (χ2v) is 5.68. The number of carbonyl (C=O) groups excluding carboxylic acids is 1. The van der Waals surface area contributed by atoms with E-state index in [-0.39, 0.29) is 11.8 Å². The van der Waals surface area contributed by atoms with Gasteiger partial charge in [0.05, 0.1) is 4.47 Å². The number of hydrogen-bond acceptors (Lipinski definition) is 6. The Kier molecular flexibility index (Phi) is 5.00. The van der Waals surface area contributed by atoms with Crippen LogP contribution in [0, 0.1) is 6.92 Å². The van der Waals surface area contributed by atoms with Gasteiger partial charge in [-0.05, 0) is 22.9 Å². The molecule has 0 fully saturated rings. The Hall–Kier alpha value is -1.83. The van der Waals surface area contributed by atoms with Crippen LogP contribution >= 0.6 is 15.9 Å². The van der Waals surface area contributed by atoms with Crippen LogP contribution in [0.3, 0.4) is 0 Å². The highest BCUT2D eigenvalue weighted by Crippen LogP contribution is 2.13. The maximum Gasteiger partial charge on any atom is 0.271 e. The molecule has 2 rings (SSSR count). The molecule has 2 heterocycles. The number of amides is 1. The first kappa shape index (κ1) is 15.6. The third-order valence-corrected chi connectivity index (χ3v) is 3.28. The molecule has 0 aliphatic heterocycles. The van der Waals surface area contributed by atoms with Crippen LogP contribution in [0.15, 0.2) is 15.2 Å². The molecule has 2 aromatic heterocycles. The number of aryl methyl sites for hydroxylation is 1.